The topological polar surface area (TPSA) is 20.2 Å². The highest BCUT2D eigenvalue weighted by atomic mass is 15.5. The second-order valence-corrected chi connectivity index (χ2v) is 5.81. The molecule has 1 aromatic heterocycles. The van der Waals surface area contributed by atoms with E-state index < -0.39 is 0 Å². The summed E-state index contributed by atoms with van der Waals surface area (Å²) >= 11 is 0. The Bertz CT molecular complexity index is 567. The molecule has 1 heterocycles. The summed E-state index contributed by atoms with van der Waals surface area (Å²) in [6, 6.07) is 11.0. The van der Waals surface area contributed by atoms with Crippen LogP contribution in [0.5, 0.6) is 0 Å². The van der Waals surface area contributed by atoms with Gasteiger partial charge < -0.3 is 4.57 Å². The molecule has 0 radical (unpaired) electrons. The zero-order chi connectivity index (χ0) is 14.8. The number of nitrogens with one attached hydrogen (secondary N) is 1. The Kier molecular flexibility index (Phi) is 4.51. The molecule has 0 atom stereocenters. The normalized spacial score (nSPS) is 12.5. The summed E-state index contributed by atoms with van der Waals surface area (Å²) in [6.07, 6.45) is 2.27. The van der Waals surface area contributed by atoms with E-state index >= 15 is 0 Å². The standard InChI is InChI=1S/C17H27N3/c1-6-17(3,7-2)20-15(13-19(5)18-4)12-14-10-8-9-11-16(14)20/h8-12,18H,6-7,13H2,1-5H3. The summed E-state index contributed by atoms with van der Waals surface area (Å²) in [5, 5.41) is 3.45. The summed E-state index contributed by atoms with van der Waals surface area (Å²) in [7, 11) is 4.04. The van der Waals surface area contributed by atoms with Crippen LogP contribution in [0.3, 0.4) is 0 Å². The fourth-order valence-electron chi connectivity index (χ4n) is 2.85. The van der Waals surface area contributed by atoms with E-state index in [1.54, 1.807) is 0 Å². The van der Waals surface area contributed by atoms with Gasteiger partial charge in [0.2, 0.25) is 0 Å². The number of hydrazine groups is 1. The molecule has 0 spiro atoms. The van der Waals surface area contributed by atoms with Crippen molar-refractivity contribution in [2.24, 2.45) is 0 Å². The van der Waals surface area contributed by atoms with Crippen molar-refractivity contribution in [1.29, 1.82) is 0 Å². The molecular formula is C17H27N3. The summed E-state index contributed by atoms with van der Waals surface area (Å²) in [6.45, 7) is 7.83. The Morgan fingerprint density at radius 1 is 1.20 bits per heavy atom. The van der Waals surface area contributed by atoms with Crippen molar-refractivity contribution < 1.29 is 0 Å². The van der Waals surface area contributed by atoms with Crippen molar-refractivity contribution >= 4 is 10.9 Å². The molecule has 0 fully saturated rings. The lowest BCUT2D eigenvalue weighted by molar-refractivity contribution is 0.227. The highest BCUT2D eigenvalue weighted by Gasteiger charge is 2.26. The van der Waals surface area contributed by atoms with Crippen LogP contribution in [0.4, 0.5) is 0 Å². The van der Waals surface area contributed by atoms with E-state index in [9.17, 15) is 0 Å². The molecule has 0 aliphatic carbocycles. The van der Waals surface area contributed by atoms with Gasteiger partial charge in [-0.3, -0.25) is 5.43 Å². The Labute approximate surface area is 122 Å². The number of fused-ring (bicyclic) bond motifs is 1. The molecule has 3 nitrogen and oxygen atoms in total. The van der Waals surface area contributed by atoms with Gasteiger partial charge in [-0.25, -0.2) is 5.01 Å². The summed E-state index contributed by atoms with van der Waals surface area (Å²) in [4.78, 5) is 0. The molecule has 0 bridgehead atoms. The third-order valence-electron chi connectivity index (χ3n) is 4.63. The van der Waals surface area contributed by atoms with Gasteiger partial charge >= 0.3 is 0 Å². The van der Waals surface area contributed by atoms with Crippen LogP contribution in [0.1, 0.15) is 39.3 Å². The third kappa shape index (κ3) is 2.60. The molecule has 0 saturated carbocycles. The quantitative estimate of drug-likeness (QED) is 0.809. The number of hydrogen-bond donors (Lipinski definition) is 1. The lowest BCUT2D eigenvalue weighted by Crippen LogP contribution is -2.35. The van der Waals surface area contributed by atoms with E-state index in [0.29, 0.717) is 0 Å². The number of hydrogen-bond acceptors (Lipinski definition) is 2. The molecule has 3 heteroatoms. The highest BCUT2D eigenvalue weighted by molar-refractivity contribution is 5.81. The van der Waals surface area contributed by atoms with Crippen LogP contribution in [0, 0.1) is 0 Å². The van der Waals surface area contributed by atoms with Crippen LogP contribution >= 0.6 is 0 Å². The van der Waals surface area contributed by atoms with Gasteiger partial charge in [0.1, 0.15) is 0 Å². The average Bonchev–Trinajstić information content (AvgIpc) is 2.84. The molecule has 1 N–H and O–H groups in total. The molecule has 2 rings (SSSR count). The fourth-order valence-corrected chi connectivity index (χ4v) is 2.85. The number of benzene rings is 1. The molecule has 2 aromatic rings. The molecule has 0 aliphatic heterocycles. The second kappa shape index (κ2) is 5.98. The first-order valence-corrected chi connectivity index (χ1v) is 7.54. The van der Waals surface area contributed by atoms with Crippen LogP contribution in [0.2, 0.25) is 0 Å². The van der Waals surface area contributed by atoms with Gasteiger partial charge in [-0.05, 0) is 44.3 Å². The largest absolute Gasteiger partial charge is 0.337 e. The SMILES string of the molecule is CCC(C)(CC)n1c(CN(C)NC)cc2ccccc21. The van der Waals surface area contributed by atoms with Gasteiger partial charge in [-0.15, -0.1) is 0 Å². The maximum atomic E-state index is 3.19. The van der Waals surface area contributed by atoms with E-state index in [1.807, 2.05) is 7.05 Å². The van der Waals surface area contributed by atoms with Crippen molar-refractivity contribution in [3.8, 4) is 0 Å². The summed E-state index contributed by atoms with van der Waals surface area (Å²) in [5.74, 6) is 0. The lowest BCUT2D eigenvalue weighted by Gasteiger charge is -2.33. The second-order valence-electron chi connectivity index (χ2n) is 5.81. The van der Waals surface area contributed by atoms with Gasteiger partial charge in [-0.1, -0.05) is 32.0 Å². The van der Waals surface area contributed by atoms with E-state index in [2.05, 4.69) is 73.2 Å². The monoisotopic (exact) mass is 273 g/mol. The molecule has 20 heavy (non-hydrogen) atoms. The zero-order valence-electron chi connectivity index (χ0n) is 13.4. The van der Waals surface area contributed by atoms with Gasteiger partial charge in [0, 0.05) is 23.8 Å². The highest BCUT2D eigenvalue weighted by Crippen LogP contribution is 2.33. The first kappa shape index (κ1) is 15.1. The minimum absolute atomic E-state index is 0.174. The van der Waals surface area contributed by atoms with Crippen LogP contribution in [0.25, 0.3) is 10.9 Å². The predicted octanol–water partition coefficient (Wildman–Crippen LogP) is 3.74. The Hall–Kier alpha value is -1.32. The zero-order valence-corrected chi connectivity index (χ0v) is 13.4. The summed E-state index contributed by atoms with van der Waals surface area (Å²) in [5.41, 5.74) is 6.08. The molecule has 1 aromatic carbocycles. The Morgan fingerprint density at radius 2 is 1.85 bits per heavy atom. The first-order valence-electron chi connectivity index (χ1n) is 7.54. The van der Waals surface area contributed by atoms with Crippen molar-refractivity contribution in [2.75, 3.05) is 14.1 Å². The predicted molar refractivity (Wildman–Crippen MR) is 86.7 cm³/mol. The van der Waals surface area contributed by atoms with Crippen LogP contribution in [-0.4, -0.2) is 23.7 Å². The van der Waals surface area contributed by atoms with Gasteiger partial charge in [0.15, 0.2) is 0 Å². The van der Waals surface area contributed by atoms with E-state index in [1.165, 1.54) is 16.6 Å². The minimum atomic E-state index is 0.174. The van der Waals surface area contributed by atoms with Crippen molar-refractivity contribution in [1.82, 2.24) is 15.0 Å². The maximum Gasteiger partial charge on any atom is 0.0532 e. The van der Waals surface area contributed by atoms with E-state index in [-0.39, 0.29) is 5.54 Å². The Balaban J connectivity index is 2.61. The average molecular weight is 273 g/mol. The number of rotatable bonds is 6. The van der Waals surface area contributed by atoms with Crippen molar-refractivity contribution in [3.05, 3.63) is 36.0 Å². The molecular weight excluding hydrogens is 246 g/mol. The summed E-state index contributed by atoms with van der Waals surface area (Å²) < 4.78 is 2.54. The maximum absolute atomic E-state index is 3.19. The Morgan fingerprint density at radius 3 is 2.45 bits per heavy atom. The molecule has 0 amide bonds. The number of para-hydroxylation sites is 1. The number of aromatic nitrogens is 1. The minimum Gasteiger partial charge on any atom is -0.337 e. The fraction of sp³-hybridized carbons (Fsp3) is 0.529. The number of nitrogens with zero attached hydrogens (tertiary/aromatic N) is 2. The first-order chi connectivity index (χ1) is 9.55. The van der Waals surface area contributed by atoms with Crippen LogP contribution < -0.4 is 5.43 Å². The molecule has 0 saturated heterocycles. The van der Waals surface area contributed by atoms with Crippen LogP contribution in [-0.2, 0) is 12.1 Å². The van der Waals surface area contributed by atoms with Crippen molar-refractivity contribution in [2.45, 2.75) is 45.7 Å². The van der Waals surface area contributed by atoms with Gasteiger partial charge in [0.05, 0.1) is 6.54 Å². The smallest absolute Gasteiger partial charge is 0.0532 e. The third-order valence-corrected chi connectivity index (χ3v) is 4.63. The van der Waals surface area contributed by atoms with Crippen LogP contribution in [0.15, 0.2) is 30.3 Å². The van der Waals surface area contributed by atoms with Gasteiger partial charge in [0.25, 0.3) is 0 Å². The molecule has 0 unspecified atom stereocenters. The lowest BCUT2D eigenvalue weighted by atomic mass is 9.94. The van der Waals surface area contributed by atoms with Gasteiger partial charge in [-0.2, -0.15) is 0 Å². The molecule has 0 aliphatic rings. The van der Waals surface area contributed by atoms with E-state index in [4.69, 9.17) is 0 Å². The van der Waals surface area contributed by atoms with Crippen molar-refractivity contribution in [3.63, 3.8) is 0 Å². The molecule has 110 valence electrons. The van der Waals surface area contributed by atoms with E-state index in [0.717, 1.165) is 19.4 Å².